The minimum atomic E-state index is -0.632. The molecule has 1 aliphatic carbocycles. The first-order valence-electron chi connectivity index (χ1n) is 7.70. The van der Waals surface area contributed by atoms with Gasteiger partial charge in [0, 0.05) is 17.1 Å². The molecule has 1 heterocycles. The van der Waals surface area contributed by atoms with Crippen LogP contribution in [0.15, 0.2) is 22.7 Å². The monoisotopic (exact) mass is 351 g/mol. The van der Waals surface area contributed by atoms with Crippen LogP contribution in [0.2, 0.25) is 0 Å². The molecule has 0 saturated carbocycles. The van der Waals surface area contributed by atoms with Crippen LogP contribution in [0.4, 0.5) is 0 Å². The second-order valence-electron chi connectivity index (χ2n) is 6.70. The normalized spacial score (nSPS) is 29.0. The highest BCUT2D eigenvalue weighted by Crippen LogP contribution is 2.46. The molecule has 1 fully saturated rings. The molecule has 0 spiro atoms. The zero-order valence-corrected chi connectivity index (χ0v) is 14.2. The lowest BCUT2D eigenvalue weighted by Crippen LogP contribution is -2.39. The van der Waals surface area contributed by atoms with Gasteiger partial charge in [-0.05, 0) is 48.9 Å². The Morgan fingerprint density at radius 2 is 2.24 bits per heavy atom. The number of benzene rings is 1. The third kappa shape index (κ3) is 2.33. The third-order valence-corrected chi connectivity index (χ3v) is 6.23. The average Bonchev–Trinajstić information content (AvgIpc) is 3.03. The molecule has 2 aliphatic rings. The summed E-state index contributed by atoms with van der Waals surface area (Å²) in [6.07, 6.45) is 2.95. The van der Waals surface area contributed by atoms with Crippen molar-refractivity contribution in [3.8, 4) is 0 Å². The predicted molar refractivity (Wildman–Crippen MR) is 86.3 cm³/mol. The molecule has 1 saturated heterocycles. The van der Waals surface area contributed by atoms with Crippen molar-refractivity contribution in [2.24, 2.45) is 11.3 Å². The van der Waals surface area contributed by atoms with E-state index in [2.05, 4.69) is 39.0 Å². The quantitative estimate of drug-likeness (QED) is 0.898. The van der Waals surface area contributed by atoms with E-state index in [0.29, 0.717) is 12.6 Å². The highest BCUT2D eigenvalue weighted by Gasteiger charge is 2.49. The minimum absolute atomic E-state index is 0.170. The van der Waals surface area contributed by atoms with Crippen LogP contribution in [0, 0.1) is 11.3 Å². The van der Waals surface area contributed by atoms with Crippen LogP contribution >= 0.6 is 15.9 Å². The molecular weight excluding hydrogens is 330 g/mol. The van der Waals surface area contributed by atoms with Gasteiger partial charge in [-0.25, -0.2) is 0 Å². The van der Waals surface area contributed by atoms with Gasteiger partial charge in [0.1, 0.15) is 0 Å². The molecule has 3 nitrogen and oxygen atoms in total. The Morgan fingerprint density at radius 1 is 1.48 bits per heavy atom. The van der Waals surface area contributed by atoms with Gasteiger partial charge in [0.05, 0.1) is 5.41 Å². The Bertz CT molecular complexity index is 572. The van der Waals surface area contributed by atoms with Gasteiger partial charge in [0.25, 0.3) is 0 Å². The van der Waals surface area contributed by atoms with Gasteiger partial charge in [0.15, 0.2) is 0 Å². The van der Waals surface area contributed by atoms with Gasteiger partial charge in [-0.2, -0.15) is 0 Å². The van der Waals surface area contributed by atoms with Crippen molar-refractivity contribution >= 4 is 21.9 Å². The van der Waals surface area contributed by atoms with Gasteiger partial charge in [-0.15, -0.1) is 0 Å². The second kappa shape index (κ2) is 5.40. The van der Waals surface area contributed by atoms with Crippen LogP contribution in [0.25, 0.3) is 0 Å². The van der Waals surface area contributed by atoms with Gasteiger partial charge in [0.2, 0.25) is 0 Å². The highest BCUT2D eigenvalue weighted by molar-refractivity contribution is 9.10. The molecule has 114 valence electrons. The Balaban J connectivity index is 1.86. The number of likely N-dealkylation sites (tertiary alicyclic amines) is 1. The van der Waals surface area contributed by atoms with Gasteiger partial charge in [-0.1, -0.05) is 41.9 Å². The van der Waals surface area contributed by atoms with Crippen molar-refractivity contribution in [3.63, 3.8) is 0 Å². The fourth-order valence-corrected chi connectivity index (χ4v) is 4.57. The van der Waals surface area contributed by atoms with Crippen LogP contribution in [0.1, 0.15) is 43.9 Å². The molecule has 1 aromatic rings. The lowest BCUT2D eigenvalue weighted by Gasteiger charge is -2.31. The van der Waals surface area contributed by atoms with Crippen molar-refractivity contribution in [1.29, 1.82) is 0 Å². The number of carboxylic acids is 1. The summed E-state index contributed by atoms with van der Waals surface area (Å²) in [5, 5.41) is 9.70. The van der Waals surface area contributed by atoms with Crippen LogP contribution in [-0.2, 0) is 11.2 Å². The Labute approximate surface area is 134 Å². The molecule has 0 bridgehead atoms. The van der Waals surface area contributed by atoms with Crippen molar-refractivity contribution in [2.75, 3.05) is 13.1 Å². The summed E-state index contributed by atoms with van der Waals surface area (Å²) in [5.74, 6) is -0.462. The standard InChI is InChI=1S/C17H22BrNO2/c1-11(2)17(16(20)21)8-9-19(10-17)15-7-6-12-13(15)4-3-5-14(12)18/h3-5,11,15H,6-10H2,1-2H3,(H,20,21). The van der Waals surface area contributed by atoms with Crippen molar-refractivity contribution in [1.82, 2.24) is 4.90 Å². The fourth-order valence-electron chi connectivity index (χ4n) is 3.99. The first-order valence-corrected chi connectivity index (χ1v) is 8.50. The van der Waals surface area contributed by atoms with Crippen LogP contribution in [0.5, 0.6) is 0 Å². The molecule has 0 aromatic heterocycles. The molecule has 0 amide bonds. The zero-order valence-electron chi connectivity index (χ0n) is 12.6. The molecule has 3 rings (SSSR count). The molecule has 4 heteroatoms. The lowest BCUT2D eigenvalue weighted by atomic mass is 9.76. The Kier molecular flexibility index (Phi) is 3.87. The lowest BCUT2D eigenvalue weighted by molar-refractivity contribution is -0.151. The van der Waals surface area contributed by atoms with Gasteiger partial charge < -0.3 is 5.11 Å². The van der Waals surface area contributed by atoms with E-state index in [-0.39, 0.29) is 5.92 Å². The second-order valence-corrected chi connectivity index (χ2v) is 7.55. The number of aliphatic carboxylic acids is 1. The summed E-state index contributed by atoms with van der Waals surface area (Å²) < 4.78 is 1.19. The summed E-state index contributed by atoms with van der Waals surface area (Å²) in [6, 6.07) is 6.77. The minimum Gasteiger partial charge on any atom is -0.481 e. The molecular formula is C17H22BrNO2. The Hall–Kier alpha value is -0.870. The third-order valence-electron chi connectivity index (χ3n) is 5.48. The van der Waals surface area contributed by atoms with E-state index in [1.165, 1.54) is 15.6 Å². The van der Waals surface area contributed by atoms with Crippen molar-refractivity contribution in [3.05, 3.63) is 33.8 Å². The molecule has 1 aliphatic heterocycles. The highest BCUT2D eigenvalue weighted by atomic mass is 79.9. The predicted octanol–water partition coefficient (Wildman–Crippen LogP) is 3.87. The molecule has 2 unspecified atom stereocenters. The SMILES string of the molecule is CC(C)C1(C(=O)O)CCN(C2CCc3c(Br)cccc32)C1. The smallest absolute Gasteiger partial charge is 0.311 e. The van der Waals surface area contributed by atoms with Gasteiger partial charge in [-0.3, -0.25) is 9.69 Å². The van der Waals surface area contributed by atoms with E-state index in [0.717, 1.165) is 25.8 Å². The molecule has 1 aromatic carbocycles. The van der Waals surface area contributed by atoms with E-state index in [1.807, 2.05) is 13.8 Å². The van der Waals surface area contributed by atoms with E-state index in [1.54, 1.807) is 0 Å². The van der Waals surface area contributed by atoms with Crippen LogP contribution < -0.4 is 0 Å². The largest absolute Gasteiger partial charge is 0.481 e. The number of carbonyl (C=O) groups is 1. The zero-order chi connectivity index (χ0) is 15.2. The summed E-state index contributed by atoms with van der Waals surface area (Å²) in [7, 11) is 0. The number of halogens is 1. The number of nitrogens with zero attached hydrogens (tertiary/aromatic N) is 1. The maximum atomic E-state index is 11.8. The topological polar surface area (TPSA) is 40.5 Å². The molecule has 1 N–H and O–H groups in total. The van der Waals surface area contributed by atoms with E-state index in [9.17, 15) is 9.90 Å². The van der Waals surface area contributed by atoms with E-state index < -0.39 is 11.4 Å². The summed E-state index contributed by atoms with van der Waals surface area (Å²) >= 11 is 3.64. The molecule has 0 radical (unpaired) electrons. The fraction of sp³-hybridized carbons (Fsp3) is 0.588. The Morgan fingerprint density at radius 3 is 2.86 bits per heavy atom. The van der Waals surface area contributed by atoms with Crippen molar-refractivity contribution < 1.29 is 9.90 Å². The number of hydrogen-bond acceptors (Lipinski definition) is 2. The average molecular weight is 352 g/mol. The van der Waals surface area contributed by atoms with Crippen LogP contribution in [0.3, 0.4) is 0 Å². The van der Waals surface area contributed by atoms with E-state index in [4.69, 9.17) is 0 Å². The van der Waals surface area contributed by atoms with Crippen molar-refractivity contribution in [2.45, 2.75) is 39.2 Å². The summed E-state index contributed by atoms with van der Waals surface area (Å²) in [4.78, 5) is 14.2. The number of rotatable bonds is 3. The number of carboxylic acid groups (broad SMARTS) is 1. The van der Waals surface area contributed by atoms with Crippen LogP contribution in [-0.4, -0.2) is 29.1 Å². The van der Waals surface area contributed by atoms with Gasteiger partial charge >= 0.3 is 5.97 Å². The summed E-state index contributed by atoms with van der Waals surface area (Å²) in [5.41, 5.74) is 2.21. The maximum Gasteiger partial charge on any atom is 0.311 e. The number of fused-ring (bicyclic) bond motifs is 1. The molecule has 21 heavy (non-hydrogen) atoms. The number of hydrogen-bond donors (Lipinski definition) is 1. The van der Waals surface area contributed by atoms with E-state index >= 15 is 0 Å². The maximum absolute atomic E-state index is 11.8. The summed E-state index contributed by atoms with van der Waals surface area (Å²) in [6.45, 7) is 5.64. The first-order chi connectivity index (χ1) is 9.95. The molecule has 2 atom stereocenters. The first kappa shape index (κ1) is 15.0.